The minimum atomic E-state index is -0.774. The maximum atomic E-state index is 11.1. The number of anilines is 2. The Balaban J connectivity index is 2.86. The maximum absolute atomic E-state index is 11.1. The van der Waals surface area contributed by atoms with E-state index in [0.717, 1.165) is 18.1 Å². The molecule has 0 spiro atoms. The lowest BCUT2D eigenvalue weighted by Gasteiger charge is -2.20. The number of nitrogen functional groups attached to an aromatic ring is 1. The van der Waals surface area contributed by atoms with Gasteiger partial charge in [0.2, 0.25) is 0 Å². The molecule has 4 N–H and O–H groups in total. The molecular formula is C13H25N5OS. The normalized spacial score (nSPS) is 14.7. The van der Waals surface area contributed by atoms with Crippen LogP contribution in [0.1, 0.15) is 39.9 Å². The third-order valence-corrected chi connectivity index (χ3v) is 3.59. The van der Waals surface area contributed by atoms with E-state index in [2.05, 4.69) is 41.5 Å². The molecule has 0 aliphatic rings. The first kappa shape index (κ1) is 16.8. The predicted octanol–water partition coefficient (Wildman–Crippen LogP) is 1.63. The maximum Gasteiger partial charge on any atom is 0.145 e. The molecule has 1 heterocycles. The van der Waals surface area contributed by atoms with Gasteiger partial charge in [0.15, 0.2) is 0 Å². The third kappa shape index (κ3) is 5.42. The third-order valence-electron chi connectivity index (χ3n) is 2.78. The first-order valence-electron chi connectivity index (χ1n) is 6.65. The summed E-state index contributed by atoms with van der Waals surface area (Å²) in [6, 6.07) is 1.96. The first-order chi connectivity index (χ1) is 9.22. The summed E-state index contributed by atoms with van der Waals surface area (Å²) >= 11 is 0. The standard InChI is InChI=1S/C13H25N5OS/c1-9(6-7-20(5)19)15-10-8-11(18-14)17-12(16-10)13(2,3)4/h8-9H,6-7,14H2,1-5H3,(H2,15,16,17,18). The SMILES string of the molecule is CC(CCS(C)=O)Nc1cc(NN)nc(C(C)(C)C)n1. The lowest BCUT2D eigenvalue weighted by atomic mass is 9.96. The van der Waals surface area contributed by atoms with Crippen LogP contribution < -0.4 is 16.6 Å². The van der Waals surface area contributed by atoms with E-state index in [1.165, 1.54) is 0 Å². The Labute approximate surface area is 123 Å². The fourth-order valence-corrected chi connectivity index (χ4v) is 2.28. The second kappa shape index (κ2) is 6.99. The molecule has 1 aromatic rings. The molecule has 2 unspecified atom stereocenters. The van der Waals surface area contributed by atoms with E-state index in [9.17, 15) is 4.21 Å². The Morgan fingerprint density at radius 2 is 1.95 bits per heavy atom. The number of nitrogens with zero attached hydrogens (tertiary/aromatic N) is 2. The van der Waals surface area contributed by atoms with Crippen LogP contribution in [0.4, 0.5) is 11.6 Å². The van der Waals surface area contributed by atoms with Gasteiger partial charge in [0, 0.05) is 40.3 Å². The summed E-state index contributed by atoms with van der Waals surface area (Å²) in [7, 11) is -0.774. The highest BCUT2D eigenvalue weighted by atomic mass is 32.2. The van der Waals surface area contributed by atoms with Gasteiger partial charge in [-0.1, -0.05) is 20.8 Å². The van der Waals surface area contributed by atoms with E-state index in [1.54, 1.807) is 12.3 Å². The Morgan fingerprint density at radius 3 is 2.45 bits per heavy atom. The van der Waals surface area contributed by atoms with Crippen molar-refractivity contribution >= 4 is 22.4 Å². The summed E-state index contributed by atoms with van der Waals surface area (Å²) in [6.45, 7) is 8.20. The van der Waals surface area contributed by atoms with Crippen molar-refractivity contribution in [2.24, 2.45) is 5.84 Å². The smallest absolute Gasteiger partial charge is 0.145 e. The number of aromatic nitrogens is 2. The van der Waals surface area contributed by atoms with Gasteiger partial charge in [0.05, 0.1) is 0 Å². The molecule has 0 saturated carbocycles. The van der Waals surface area contributed by atoms with Gasteiger partial charge >= 0.3 is 0 Å². The van der Waals surface area contributed by atoms with Crippen molar-refractivity contribution in [1.29, 1.82) is 0 Å². The molecule has 1 aromatic heterocycles. The zero-order valence-electron chi connectivity index (χ0n) is 12.9. The monoisotopic (exact) mass is 299 g/mol. The average Bonchev–Trinajstić information content (AvgIpc) is 2.34. The van der Waals surface area contributed by atoms with Crippen molar-refractivity contribution in [1.82, 2.24) is 9.97 Å². The van der Waals surface area contributed by atoms with Gasteiger partial charge in [-0.3, -0.25) is 4.21 Å². The van der Waals surface area contributed by atoms with Gasteiger partial charge in [-0.25, -0.2) is 15.8 Å². The lowest BCUT2D eigenvalue weighted by molar-refractivity contribution is 0.546. The fraction of sp³-hybridized carbons (Fsp3) is 0.692. The molecule has 1 rings (SSSR count). The molecule has 0 bridgehead atoms. The van der Waals surface area contributed by atoms with Crippen molar-refractivity contribution in [2.75, 3.05) is 22.8 Å². The van der Waals surface area contributed by atoms with Crippen molar-refractivity contribution in [3.63, 3.8) is 0 Å². The second-order valence-electron chi connectivity index (χ2n) is 5.97. The van der Waals surface area contributed by atoms with Crippen LogP contribution in [0.2, 0.25) is 0 Å². The predicted molar refractivity (Wildman–Crippen MR) is 85.2 cm³/mol. The second-order valence-corrected chi connectivity index (χ2v) is 7.52. The van der Waals surface area contributed by atoms with E-state index in [4.69, 9.17) is 5.84 Å². The number of nitrogens with two attached hydrogens (primary N) is 1. The van der Waals surface area contributed by atoms with E-state index in [1.807, 2.05) is 6.92 Å². The van der Waals surface area contributed by atoms with Crippen LogP contribution in [0, 0.1) is 0 Å². The van der Waals surface area contributed by atoms with E-state index >= 15 is 0 Å². The summed E-state index contributed by atoms with van der Waals surface area (Å²) in [4.78, 5) is 8.89. The summed E-state index contributed by atoms with van der Waals surface area (Å²) < 4.78 is 11.1. The summed E-state index contributed by atoms with van der Waals surface area (Å²) in [5.41, 5.74) is 2.41. The molecule has 6 nitrogen and oxygen atoms in total. The van der Waals surface area contributed by atoms with Crippen LogP contribution in [0.5, 0.6) is 0 Å². The largest absolute Gasteiger partial charge is 0.367 e. The molecule has 0 fully saturated rings. The number of hydrazine groups is 1. The van der Waals surface area contributed by atoms with Crippen LogP contribution in [0.25, 0.3) is 0 Å². The molecule has 0 amide bonds. The molecule has 0 aliphatic carbocycles. The molecule has 7 heteroatoms. The number of rotatable bonds is 6. The zero-order chi connectivity index (χ0) is 15.3. The van der Waals surface area contributed by atoms with Gasteiger partial charge in [-0.05, 0) is 13.3 Å². The summed E-state index contributed by atoms with van der Waals surface area (Å²) in [6.07, 6.45) is 2.54. The summed E-state index contributed by atoms with van der Waals surface area (Å²) in [5.74, 6) is 8.16. The van der Waals surface area contributed by atoms with Gasteiger partial charge < -0.3 is 10.7 Å². The van der Waals surface area contributed by atoms with Crippen LogP contribution >= 0.6 is 0 Å². The highest BCUT2D eigenvalue weighted by Gasteiger charge is 2.19. The van der Waals surface area contributed by atoms with Crippen LogP contribution in [-0.2, 0) is 16.2 Å². The van der Waals surface area contributed by atoms with Gasteiger partial charge in [0.1, 0.15) is 17.5 Å². The molecule has 114 valence electrons. The van der Waals surface area contributed by atoms with Crippen molar-refractivity contribution in [2.45, 2.75) is 45.6 Å². The number of nitrogens with one attached hydrogen (secondary N) is 2. The van der Waals surface area contributed by atoms with Crippen LogP contribution in [0.3, 0.4) is 0 Å². The molecule has 0 aliphatic heterocycles. The van der Waals surface area contributed by atoms with Gasteiger partial charge in [-0.15, -0.1) is 0 Å². The minimum absolute atomic E-state index is 0.155. The van der Waals surface area contributed by atoms with Gasteiger partial charge in [-0.2, -0.15) is 0 Å². The molecule has 2 atom stereocenters. The fourth-order valence-electron chi connectivity index (χ4n) is 1.60. The van der Waals surface area contributed by atoms with Crippen molar-refractivity contribution < 1.29 is 4.21 Å². The highest BCUT2D eigenvalue weighted by molar-refractivity contribution is 7.84. The van der Waals surface area contributed by atoms with Crippen molar-refractivity contribution in [3.05, 3.63) is 11.9 Å². The Bertz CT molecular complexity index is 472. The first-order valence-corrected chi connectivity index (χ1v) is 8.38. The Kier molecular flexibility index (Phi) is 5.88. The van der Waals surface area contributed by atoms with E-state index in [0.29, 0.717) is 11.6 Å². The Hall–Kier alpha value is -1.21. The highest BCUT2D eigenvalue weighted by Crippen LogP contribution is 2.22. The van der Waals surface area contributed by atoms with E-state index < -0.39 is 10.8 Å². The number of hydrogen-bond donors (Lipinski definition) is 3. The average molecular weight is 299 g/mol. The van der Waals surface area contributed by atoms with E-state index in [-0.39, 0.29) is 11.5 Å². The molecule has 0 radical (unpaired) electrons. The summed E-state index contributed by atoms with van der Waals surface area (Å²) in [5, 5.41) is 3.30. The minimum Gasteiger partial charge on any atom is -0.367 e. The topological polar surface area (TPSA) is 92.9 Å². The quantitative estimate of drug-likeness (QED) is 0.546. The van der Waals surface area contributed by atoms with Crippen LogP contribution in [0.15, 0.2) is 6.07 Å². The molecule has 20 heavy (non-hydrogen) atoms. The molecule has 0 aromatic carbocycles. The molecular weight excluding hydrogens is 274 g/mol. The number of hydrogen-bond acceptors (Lipinski definition) is 6. The Morgan fingerprint density at radius 1 is 1.35 bits per heavy atom. The lowest BCUT2D eigenvalue weighted by Crippen LogP contribution is -2.23. The van der Waals surface area contributed by atoms with Crippen LogP contribution in [-0.4, -0.2) is 32.2 Å². The molecule has 0 saturated heterocycles. The van der Waals surface area contributed by atoms with Gasteiger partial charge in [0.25, 0.3) is 0 Å². The zero-order valence-corrected chi connectivity index (χ0v) is 13.7. The van der Waals surface area contributed by atoms with Crippen molar-refractivity contribution in [3.8, 4) is 0 Å².